The Morgan fingerprint density at radius 3 is 2.70 bits per heavy atom. The SMILES string of the molecule is NC(=O)C1CCCN1C(=O)[C@H](O)CCc1ccccc1. The molecule has 1 aliphatic heterocycles. The van der Waals surface area contributed by atoms with E-state index < -0.39 is 18.1 Å². The van der Waals surface area contributed by atoms with E-state index in [9.17, 15) is 14.7 Å². The molecule has 108 valence electrons. The van der Waals surface area contributed by atoms with Crippen LogP contribution in [0.5, 0.6) is 0 Å². The van der Waals surface area contributed by atoms with E-state index in [1.54, 1.807) is 0 Å². The molecule has 5 nitrogen and oxygen atoms in total. The van der Waals surface area contributed by atoms with Crippen molar-refractivity contribution in [2.45, 2.75) is 37.8 Å². The van der Waals surface area contributed by atoms with Crippen LogP contribution in [0.3, 0.4) is 0 Å². The summed E-state index contributed by atoms with van der Waals surface area (Å²) in [6.07, 6.45) is 1.25. The van der Waals surface area contributed by atoms with Crippen molar-refractivity contribution in [1.29, 1.82) is 0 Å². The number of carbonyl (C=O) groups is 2. The van der Waals surface area contributed by atoms with Crippen LogP contribution in [0, 0.1) is 0 Å². The first-order valence-corrected chi connectivity index (χ1v) is 6.91. The van der Waals surface area contributed by atoms with Crippen molar-refractivity contribution in [2.75, 3.05) is 6.54 Å². The summed E-state index contributed by atoms with van der Waals surface area (Å²) in [6, 6.07) is 9.12. The van der Waals surface area contributed by atoms with Crippen LogP contribution in [0.1, 0.15) is 24.8 Å². The number of rotatable bonds is 5. The highest BCUT2D eigenvalue weighted by Crippen LogP contribution is 2.19. The third kappa shape index (κ3) is 3.36. The van der Waals surface area contributed by atoms with Gasteiger partial charge >= 0.3 is 0 Å². The number of hydrogen-bond donors (Lipinski definition) is 2. The molecule has 0 radical (unpaired) electrons. The molecule has 2 amide bonds. The lowest BCUT2D eigenvalue weighted by Gasteiger charge is -2.24. The number of aryl methyl sites for hydroxylation is 1. The van der Waals surface area contributed by atoms with Crippen LogP contribution in [-0.2, 0) is 16.0 Å². The summed E-state index contributed by atoms with van der Waals surface area (Å²) in [7, 11) is 0. The van der Waals surface area contributed by atoms with E-state index in [0.717, 1.165) is 12.0 Å². The van der Waals surface area contributed by atoms with E-state index in [-0.39, 0.29) is 5.91 Å². The van der Waals surface area contributed by atoms with Gasteiger partial charge in [0.25, 0.3) is 5.91 Å². The summed E-state index contributed by atoms with van der Waals surface area (Å²) in [6.45, 7) is 0.495. The summed E-state index contributed by atoms with van der Waals surface area (Å²) in [5, 5.41) is 10.00. The van der Waals surface area contributed by atoms with Crippen LogP contribution in [-0.4, -0.2) is 40.5 Å². The number of carbonyl (C=O) groups excluding carboxylic acids is 2. The summed E-state index contributed by atoms with van der Waals surface area (Å²) in [5.74, 6) is -0.881. The third-order valence-corrected chi connectivity index (χ3v) is 3.70. The van der Waals surface area contributed by atoms with Crippen LogP contribution in [0.4, 0.5) is 0 Å². The second kappa shape index (κ2) is 6.52. The average Bonchev–Trinajstić information content (AvgIpc) is 2.94. The molecule has 0 bridgehead atoms. The molecule has 0 saturated carbocycles. The largest absolute Gasteiger partial charge is 0.383 e. The number of amides is 2. The number of aliphatic hydroxyl groups excluding tert-OH is 1. The monoisotopic (exact) mass is 276 g/mol. The van der Waals surface area contributed by atoms with Crippen LogP contribution in [0.2, 0.25) is 0 Å². The van der Waals surface area contributed by atoms with Crippen molar-refractivity contribution < 1.29 is 14.7 Å². The molecular formula is C15H20N2O3. The predicted octanol–water partition coefficient (Wildman–Crippen LogP) is 0.456. The molecule has 2 atom stereocenters. The van der Waals surface area contributed by atoms with E-state index >= 15 is 0 Å². The molecule has 5 heteroatoms. The lowest BCUT2D eigenvalue weighted by molar-refractivity contribution is -0.144. The number of benzene rings is 1. The standard InChI is InChI=1S/C15H20N2O3/c16-14(19)12-7-4-10-17(12)15(20)13(18)9-8-11-5-2-1-3-6-11/h1-3,5-6,12-13,18H,4,7-10H2,(H2,16,19)/t12?,13-/m1/s1. The van der Waals surface area contributed by atoms with E-state index in [1.165, 1.54) is 4.90 Å². The van der Waals surface area contributed by atoms with Crippen molar-refractivity contribution in [3.05, 3.63) is 35.9 Å². The van der Waals surface area contributed by atoms with E-state index in [2.05, 4.69) is 0 Å². The average molecular weight is 276 g/mol. The van der Waals surface area contributed by atoms with Crippen molar-refractivity contribution in [2.24, 2.45) is 5.73 Å². The summed E-state index contributed by atoms with van der Waals surface area (Å²) in [4.78, 5) is 24.8. The molecule has 20 heavy (non-hydrogen) atoms. The Morgan fingerprint density at radius 1 is 1.35 bits per heavy atom. The van der Waals surface area contributed by atoms with Gasteiger partial charge in [-0.05, 0) is 31.2 Å². The fourth-order valence-corrected chi connectivity index (χ4v) is 2.59. The number of hydrogen-bond acceptors (Lipinski definition) is 3. The summed E-state index contributed by atoms with van der Waals surface area (Å²) >= 11 is 0. The minimum Gasteiger partial charge on any atom is -0.383 e. The summed E-state index contributed by atoms with van der Waals surface area (Å²) < 4.78 is 0. The highest BCUT2D eigenvalue weighted by Gasteiger charge is 2.35. The molecule has 1 fully saturated rings. The Balaban J connectivity index is 1.90. The number of likely N-dealkylation sites (tertiary alicyclic amines) is 1. The molecule has 1 unspecified atom stereocenters. The van der Waals surface area contributed by atoms with Gasteiger partial charge in [-0.25, -0.2) is 0 Å². The molecular weight excluding hydrogens is 256 g/mol. The van der Waals surface area contributed by atoms with Crippen molar-refractivity contribution in [3.8, 4) is 0 Å². The second-order valence-electron chi connectivity index (χ2n) is 5.13. The Bertz CT molecular complexity index is 475. The van der Waals surface area contributed by atoms with Crippen LogP contribution < -0.4 is 5.73 Å². The maximum Gasteiger partial charge on any atom is 0.252 e. The quantitative estimate of drug-likeness (QED) is 0.819. The zero-order valence-electron chi connectivity index (χ0n) is 11.4. The fourth-order valence-electron chi connectivity index (χ4n) is 2.59. The van der Waals surface area contributed by atoms with E-state index in [1.807, 2.05) is 30.3 Å². The molecule has 1 aromatic rings. The Kier molecular flexibility index (Phi) is 4.74. The van der Waals surface area contributed by atoms with Gasteiger partial charge in [0.15, 0.2) is 0 Å². The highest BCUT2D eigenvalue weighted by molar-refractivity contribution is 5.89. The van der Waals surface area contributed by atoms with Gasteiger partial charge in [0.1, 0.15) is 12.1 Å². The second-order valence-corrected chi connectivity index (χ2v) is 5.13. The van der Waals surface area contributed by atoms with Crippen molar-refractivity contribution in [3.63, 3.8) is 0 Å². The van der Waals surface area contributed by atoms with Crippen LogP contribution in [0.15, 0.2) is 30.3 Å². The highest BCUT2D eigenvalue weighted by atomic mass is 16.3. The molecule has 1 aromatic carbocycles. The topological polar surface area (TPSA) is 83.6 Å². The summed E-state index contributed by atoms with van der Waals surface area (Å²) in [5.41, 5.74) is 6.35. The van der Waals surface area contributed by atoms with E-state index in [4.69, 9.17) is 5.73 Å². The fraction of sp³-hybridized carbons (Fsp3) is 0.467. The maximum absolute atomic E-state index is 12.1. The van der Waals surface area contributed by atoms with E-state index in [0.29, 0.717) is 25.8 Å². The van der Waals surface area contributed by atoms with Crippen molar-refractivity contribution >= 4 is 11.8 Å². The van der Waals surface area contributed by atoms with Gasteiger partial charge < -0.3 is 15.7 Å². The molecule has 1 saturated heterocycles. The first-order chi connectivity index (χ1) is 9.59. The van der Waals surface area contributed by atoms with Gasteiger partial charge in [-0.15, -0.1) is 0 Å². The molecule has 1 heterocycles. The van der Waals surface area contributed by atoms with Crippen molar-refractivity contribution in [1.82, 2.24) is 4.90 Å². The van der Waals surface area contributed by atoms with Gasteiger partial charge in [-0.2, -0.15) is 0 Å². The normalized spacial score (nSPS) is 19.9. The third-order valence-electron chi connectivity index (χ3n) is 3.70. The van der Waals surface area contributed by atoms with Gasteiger partial charge in [0.05, 0.1) is 0 Å². The zero-order chi connectivity index (χ0) is 14.5. The molecule has 0 aromatic heterocycles. The molecule has 0 aliphatic carbocycles. The zero-order valence-corrected chi connectivity index (χ0v) is 11.4. The molecule has 3 N–H and O–H groups in total. The smallest absolute Gasteiger partial charge is 0.252 e. The number of primary amides is 1. The van der Waals surface area contributed by atoms with Gasteiger partial charge in [-0.1, -0.05) is 30.3 Å². The first kappa shape index (κ1) is 14.5. The number of nitrogens with two attached hydrogens (primary N) is 1. The van der Waals surface area contributed by atoms with Gasteiger partial charge in [0, 0.05) is 6.54 Å². The molecule has 1 aliphatic rings. The molecule has 2 rings (SSSR count). The molecule has 0 spiro atoms. The van der Waals surface area contributed by atoms with Crippen LogP contribution in [0.25, 0.3) is 0 Å². The minimum absolute atomic E-state index is 0.352. The number of aliphatic hydroxyl groups is 1. The lowest BCUT2D eigenvalue weighted by Crippen LogP contribution is -2.47. The Hall–Kier alpha value is -1.88. The Labute approximate surface area is 118 Å². The van der Waals surface area contributed by atoms with Gasteiger partial charge in [-0.3, -0.25) is 9.59 Å². The number of nitrogens with zero attached hydrogens (tertiary/aromatic N) is 1. The first-order valence-electron chi connectivity index (χ1n) is 6.91. The van der Waals surface area contributed by atoms with Crippen LogP contribution >= 0.6 is 0 Å². The minimum atomic E-state index is -1.07. The maximum atomic E-state index is 12.1. The Morgan fingerprint density at radius 2 is 2.05 bits per heavy atom. The van der Waals surface area contributed by atoms with Gasteiger partial charge in [0.2, 0.25) is 5.91 Å². The lowest BCUT2D eigenvalue weighted by atomic mass is 10.1. The predicted molar refractivity (Wildman–Crippen MR) is 74.7 cm³/mol.